The Morgan fingerprint density at radius 2 is 1.75 bits per heavy atom. The number of carbonyl (C=O) groups excluding carboxylic acids is 2. The summed E-state index contributed by atoms with van der Waals surface area (Å²) in [5, 5.41) is 13.4. The molecular formula is C31H41N3O6. The molecule has 4 atom stereocenters. The molecule has 3 aliphatic rings. The number of methoxy groups -OCH3 is 1. The Morgan fingerprint density at radius 3 is 2.52 bits per heavy atom. The second kappa shape index (κ2) is 13.5. The standard InChI is InChI=1S/C31H41N3O6/c1-38-28-10-6-5-9-26(28)32-31(37)34-19-24(35)20-39-21-29-27(34)12-11-25(40-29)18-30(36)33-15-13-23(14-16-33)17-22-7-3-2-4-8-22/h2-10,23-25,27,29,35H,11-21H2,1H3,(H,32,37)/t24-,25-,27+,29-/m0/s1. The van der Waals surface area contributed by atoms with E-state index in [2.05, 4.69) is 29.6 Å². The number of fused-ring (bicyclic) bond motifs is 1. The highest BCUT2D eigenvalue weighted by Gasteiger charge is 2.40. The van der Waals surface area contributed by atoms with Crippen LogP contribution >= 0.6 is 0 Å². The topological polar surface area (TPSA) is 101 Å². The molecule has 40 heavy (non-hydrogen) atoms. The Morgan fingerprint density at radius 1 is 1.00 bits per heavy atom. The van der Waals surface area contributed by atoms with Crippen LogP contribution in [0.4, 0.5) is 10.5 Å². The fourth-order valence-corrected chi connectivity index (χ4v) is 6.17. The fraction of sp³-hybridized carbons (Fsp3) is 0.548. The van der Waals surface area contributed by atoms with Crippen molar-refractivity contribution in [1.29, 1.82) is 0 Å². The Balaban J connectivity index is 1.16. The number of carbonyl (C=O) groups is 2. The number of urea groups is 1. The van der Waals surface area contributed by atoms with Crippen LogP contribution in [0.15, 0.2) is 54.6 Å². The molecule has 0 aromatic heterocycles. The number of aliphatic hydroxyl groups excluding tert-OH is 1. The Bertz CT molecular complexity index is 1120. The van der Waals surface area contributed by atoms with Gasteiger partial charge in [-0.05, 0) is 55.7 Å². The third-order valence-electron chi connectivity index (χ3n) is 8.33. The number of rotatable bonds is 6. The molecule has 3 amide bonds. The lowest BCUT2D eigenvalue weighted by Crippen LogP contribution is -2.58. The molecule has 3 fully saturated rings. The number of hydrogen-bond donors (Lipinski definition) is 2. The number of aliphatic hydroxyl groups is 1. The van der Waals surface area contributed by atoms with E-state index < -0.39 is 6.10 Å². The van der Waals surface area contributed by atoms with E-state index in [9.17, 15) is 14.7 Å². The molecule has 2 N–H and O–H groups in total. The minimum absolute atomic E-state index is 0.118. The fourth-order valence-electron chi connectivity index (χ4n) is 6.17. The number of hydrogen-bond acceptors (Lipinski definition) is 6. The smallest absolute Gasteiger partial charge is 0.322 e. The summed E-state index contributed by atoms with van der Waals surface area (Å²) in [5.74, 6) is 1.30. The number of anilines is 1. The number of para-hydroxylation sites is 2. The molecule has 0 radical (unpaired) electrons. The molecule has 0 saturated carbocycles. The van der Waals surface area contributed by atoms with Gasteiger partial charge in [-0.2, -0.15) is 0 Å². The Labute approximate surface area is 236 Å². The monoisotopic (exact) mass is 551 g/mol. The van der Waals surface area contributed by atoms with Crippen LogP contribution in [0.3, 0.4) is 0 Å². The third-order valence-corrected chi connectivity index (χ3v) is 8.33. The largest absolute Gasteiger partial charge is 0.495 e. The normalized spacial score (nSPS) is 25.9. The highest BCUT2D eigenvalue weighted by molar-refractivity contribution is 5.91. The van der Waals surface area contributed by atoms with Crippen LogP contribution in [0.1, 0.15) is 37.7 Å². The van der Waals surface area contributed by atoms with Crippen molar-refractivity contribution in [3.63, 3.8) is 0 Å². The number of benzene rings is 2. The molecule has 3 aliphatic heterocycles. The van der Waals surface area contributed by atoms with E-state index >= 15 is 0 Å². The van der Waals surface area contributed by atoms with Crippen molar-refractivity contribution < 1.29 is 28.9 Å². The van der Waals surface area contributed by atoms with Crippen LogP contribution < -0.4 is 10.1 Å². The average Bonchev–Trinajstić information content (AvgIpc) is 2.96. The Kier molecular flexibility index (Phi) is 9.57. The van der Waals surface area contributed by atoms with Crippen LogP contribution in [-0.4, -0.2) is 91.2 Å². The Hall–Kier alpha value is -3.14. The van der Waals surface area contributed by atoms with E-state index in [0.717, 1.165) is 32.4 Å². The molecule has 9 heteroatoms. The molecule has 2 aromatic rings. The van der Waals surface area contributed by atoms with Crippen molar-refractivity contribution in [1.82, 2.24) is 9.80 Å². The minimum atomic E-state index is -0.798. The summed E-state index contributed by atoms with van der Waals surface area (Å²) in [7, 11) is 1.56. The van der Waals surface area contributed by atoms with Gasteiger partial charge in [0.15, 0.2) is 0 Å². The van der Waals surface area contributed by atoms with Crippen molar-refractivity contribution in [3.05, 3.63) is 60.2 Å². The maximum Gasteiger partial charge on any atom is 0.322 e. The molecule has 2 aromatic carbocycles. The molecule has 0 bridgehead atoms. The number of nitrogens with one attached hydrogen (secondary N) is 1. The molecule has 3 saturated heterocycles. The van der Waals surface area contributed by atoms with Crippen molar-refractivity contribution >= 4 is 17.6 Å². The number of piperidine rings is 1. The number of β-amino-alcohol motifs (C(OH)–C–C–N with tert-alkyl or cyclic N) is 1. The zero-order chi connectivity index (χ0) is 27.9. The van der Waals surface area contributed by atoms with Crippen LogP contribution in [0.5, 0.6) is 5.75 Å². The highest BCUT2D eigenvalue weighted by atomic mass is 16.5. The van der Waals surface area contributed by atoms with Gasteiger partial charge in [0.2, 0.25) is 5.91 Å². The number of likely N-dealkylation sites (tertiary alicyclic amines) is 1. The van der Waals surface area contributed by atoms with Gasteiger partial charge in [0, 0.05) is 13.1 Å². The molecule has 5 rings (SSSR count). The van der Waals surface area contributed by atoms with E-state index in [1.807, 2.05) is 23.1 Å². The van der Waals surface area contributed by atoms with Gasteiger partial charge in [0.1, 0.15) is 11.9 Å². The summed E-state index contributed by atoms with van der Waals surface area (Å²) in [6.45, 7) is 2.08. The first-order chi connectivity index (χ1) is 19.5. The molecule has 0 unspecified atom stereocenters. The van der Waals surface area contributed by atoms with Crippen molar-refractivity contribution in [2.24, 2.45) is 5.92 Å². The van der Waals surface area contributed by atoms with Crippen molar-refractivity contribution in [3.8, 4) is 5.75 Å². The maximum atomic E-state index is 13.4. The summed E-state index contributed by atoms with van der Waals surface area (Å²) >= 11 is 0. The molecule has 0 aliphatic carbocycles. The summed E-state index contributed by atoms with van der Waals surface area (Å²) in [4.78, 5) is 30.2. The van der Waals surface area contributed by atoms with Gasteiger partial charge in [0.25, 0.3) is 0 Å². The summed E-state index contributed by atoms with van der Waals surface area (Å²) in [5.41, 5.74) is 1.92. The van der Waals surface area contributed by atoms with Crippen LogP contribution in [0.25, 0.3) is 0 Å². The molecule has 0 spiro atoms. The van der Waals surface area contributed by atoms with Gasteiger partial charge >= 0.3 is 6.03 Å². The predicted molar refractivity (Wildman–Crippen MR) is 151 cm³/mol. The second-order valence-corrected chi connectivity index (χ2v) is 11.1. The lowest BCUT2D eigenvalue weighted by Gasteiger charge is -2.44. The van der Waals surface area contributed by atoms with Gasteiger partial charge in [-0.15, -0.1) is 0 Å². The highest BCUT2D eigenvalue weighted by Crippen LogP contribution is 2.30. The lowest BCUT2D eigenvalue weighted by molar-refractivity contribution is -0.154. The lowest BCUT2D eigenvalue weighted by atomic mass is 9.90. The van der Waals surface area contributed by atoms with E-state index in [-0.39, 0.29) is 49.9 Å². The van der Waals surface area contributed by atoms with E-state index in [1.54, 1.807) is 24.1 Å². The van der Waals surface area contributed by atoms with Crippen LogP contribution in [0.2, 0.25) is 0 Å². The predicted octanol–water partition coefficient (Wildman–Crippen LogP) is 3.71. The van der Waals surface area contributed by atoms with E-state index in [0.29, 0.717) is 36.6 Å². The first kappa shape index (κ1) is 28.4. The first-order valence-electron chi connectivity index (χ1n) is 14.4. The molecule has 3 heterocycles. The van der Waals surface area contributed by atoms with Crippen molar-refractivity contribution in [2.75, 3.05) is 45.3 Å². The van der Waals surface area contributed by atoms with E-state index in [1.165, 1.54) is 5.56 Å². The second-order valence-electron chi connectivity index (χ2n) is 11.1. The van der Waals surface area contributed by atoms with Gasteiger partial charge in [-0.25, -0.2) is 4.79 Å². The molecule has 9 nitrogen and oxygen atoms in total. The summed E-state index contributed by atoms with van der Waals surface area (Å²) < 4.78 is 17.5. The van der Waals surface area contributed by atoms with Gasteiger partial charge < -0.3 is 34.4 Å². The third kappa shape index (κ3) is 7.13. The number of amides is 3. The van der Waals surface area contributed by atoms with Crippen molar-refractivity contribution in [2.45, 2.75) is 62.9 Å². The molecular weight excluding hydrogens is 510 g/mol. The molecule has 216 valence electrons. The zero-order valence-electron chi connectivity index (χ0n) is 23.2. The first-order valence-corrected chi connectivity index (χ1v) is 14.4. The van der Waals surface area contributed by atoms with Crippen LogP contribution in [0, 0.1) is 5.92 Å². The average molecular weight is 552 g/mol. The number of ether oxygens (including phenoxy) is 3. The minimum Gasteiger partial charge on any atom is -0.495 e. The quantitative estimate of drug-likeness (QED) is 0.568. The number of nitrogens with zero attached hydrogens (tertiary/aromatic N) is 2. The summed E-state index contributed by atoms with van der Waals surface area (Å²) in [6, 6.07) is 17.2. The summed E-state index contributed by atoms with van der Waals surface area (Å²) in [6.07, 6.45) is 3.36. The van der Waals surface area contributed by atoms with Gasteiger partial charge in [-0.3, -0.25) is 4.79 Å². The maximum absolute atomic E-state index is 13.4. The van der Waals surface area contributed by atoms with Gasteiger partial charge in [0.05, 0.1) is 57.2 Å². The van der Waals surface area contributed by atoms with Gasteiger partial charge in [-0.1, -0.05) is 42.5 Å². The van der Waals surface area contributed by atoms with Crippen LogP contribution in [-0.2, 0) is 20.7 Å². The van der Waals surface area contributed by atoms with E-state index in [4.69, 9.17) is 14.2 Å². The SMILES string of the molecule is COc1ccccc1NC(=O)N1C[C@H](O)COC[C@@H]2O[C@H](CC(=O)N3CCC(Cc4ccccc4)CC3)CC[C@H]21. The zero-order valence-corrected chi connectivity index (χ0v) is 23.2.